The second-order valence-corrected chi connectivity index (χ2v) is 6.14. The molecule has 0 saturated carbocycles. The summed E-state index contributed by atoms with van der Waals surface area (Å²) in [6.07, 6.45) is -4.38. The van der Waals surface area contributed by atoms with Gasteiger partial charge in [-0.25, -0.2) is 4.99 Å². The van der Waals surface area contributed by atoms with Gasteiger partial charge in [-0.05, 0) is 38.5 Å². The van der Waals surface area contributed by atoms with E-state index in [1.165, 1.54) is 12.1 Å². The Labute approximate surface area is 187 Å². The number of nitrogens with one attached hydrogen (secondary N) is 1. The standard InChI is InChI=1S/C19H29F3N4O2.HI/c1-5-23-18(25(4)13-17(27)26(6-2)7-3)24-12-15-9-8-10-16(11-15)28-14-19(20,21)22;/h8-11H,5-7,12-14H2,1-4H3,(H,23,24);1H. The van der Waals surface area contributed by atoms with Gasteiger partial charge in [0.25, 0.3) is 0 Å². The minimum Gasteiger partial charge on any atom is -0.484 e. The van der Waals surface area contributed by atoms with Gasteiger partial charge in [0, 0.05) is 26.7 Å². The molecule has 0 aliphatic heterocycles. The Morgan fingerprint density at radius 2 is 1.86 bits per heavy atom. The van der Waals surface area contributed by atoms with Crippen LogP contribution in [0.15, 0.2) is 29.3 Å². The molecule has 166 valence electrons. The van der Waals surface area contributed by atoms with Gasteiger partial charge in [-0.1, -0.05) is 12.1 Å². The van der Waals surface area contributed by atoms with Gasteiger partial charge in [-0.3, -0.25) is 4.79 Å². The third-order valence-corrected chi connectivity index (χ3v) is 3.90. The van der Waals surface area contributed by atoms with E-state index in [-0.39, 0.29) is 48.7 Å². The number of guanidine groups is 1. The molecule has 0 heterocycles. The molecule has 10 heteroatoms. The highest BCUT2D eigenvalue weighted by Gasteiger charge is 2.28. The van der Waals surface area contributed by atoms with Crippen LogP contribution < -0.4 is 10.1 Å². The molecule has 0 saturated heterocycles. The first-order chi connectivity index (χ1) is 13.2. The molecule has 0 fully saturated rings. The van der Waals surface area contributed by atoms with E-state index in [1.54, 1.807) is 29.0 Å². The van der Waals surface area contributed by atoms with Crippen LogP contribution in [-0.2, 0) is 11.3 Å². The summed E-state index contributed by atoms with van der Waals surface area (Å²) in [7, 11) is 1.77. The fraction of sp³-hybridized carbons (Fsp3) is 0.579. The molecule has 0 aliphatic rings. The summed E-state index contributed by atoms with van der Waals surface area (Å²) in [6.45, 7) is 6.76. The highest BCUT2D eigenvalue weighted by Crippen LogP contribution is 2.19. The van der Waals surface area contributed by atoms with Gasteiger partial charge in [-0.15, -0.1) is 24.0 Å². The Kier molecular flexibility index (Phi) is 12.7. The second-order valence-electron chi connectivity index (χ2n) is 6.14. The van der Waals surface area contributed by atoms with Crippen molar-refractivity contribution in [2.45, 2.75) is 33.5 Å². The van der Waals surface area contributed by atoms with E-state index in [4.69, 9.17) is 4.74 Å². The maximum Gasteiger partial charge on any atom is 0.422 e. The first-order valence-corrected chi connectivity index (χ1v) is 9.25. The zero-order chi connectivity index (χ0) is 21.2. The summed E-state index contributed by atoms with van der Waals surface area (Å²) < 4.78 is 41.6. The van der Waals surface area contributed by atoms with Crippen molar-refractivity contribution in [1.82, 2.24) is 15.1 Å². The number of halogens is 4. The van der Waals surface area contributed by atoms with Crippen LogP contribution in [0.5, 0.6) is 5.75 Å². The predicted molar refractivity (Wildman–Crippen MR) is 119 cm³/mol. The number of rotatable bonds is 9. The first-order valence-electron chi connectivity index (χ1n) is 9.25. The minimum atomic E-state index is -4.38. The number of alkyl halides is 3. The van der Waals surface area contributed by atoms with E-state index in [9.17, 15) is 18.0 Å². The van der Waals surface area contributed by atoms with Gasteiger partial charge >= 0.3 is 6.18 Å². The van der Waals surface area contributed by atoms with E-state index in [0.29, 0.717) is 31.2 Å². The van der Waals surface area contributed by atoms with Crippen LogP contribution >= 0.6 is 24.0 Å². The third kappa shape index (κ3) is 10.6. The smallest absolute Gasteiger partial charge is 0.422 e. The molecule has 1 aromatic carbocycles. The number of benzene rings is 1. The Balaban J connectivity index is 0.00000784. The summed E-state index contributed by atoms with van der Waals surface area (Å²) in [6, 6.07) is 6.38. The number of likely N-dealkylation sites (N-methyl/N-ethyl adjacent to an activating group) is 2. The van der Waals surface area contributed by atoms with Crippen molar-refractivity contribution < 1.29 is 22.7 Å². The Hall–Kier alpha value is -1.72. The molecule has 0 atom stereocenters. The molecule has 0 aliphatic carbocycles. The molecule has 0 bridgehead atoms. The fourth-order valence-electron chi connectivity index (χ4n) is 2.49. The topological polar surface area (TPSA) is 57.2 Å². The fourth-order valence-corrected chi connectivity index (χ4v) is 2.49. The summed E-state index contributed by atoms with van der Waals surface area (Å²) in [5.74, 6) is 0.686. The summed E-state index contributed by atoms with van der Waals surface area (Å²) in [5.41, 5.74) is 0.707. The number of hydrogen-bond donors (Lipinski definition) is 1. The molecule has 0 aromatic heterocycles. The van der Waals surface area contributed by atoms with Crippen molar-refractivity contribution in [2.24, 2.45) is 4.99 Å². The molecular formula is C19H30F3IN4O2. The van der Waals surface area contributed by atoms with Crippen LogP contribution in [0.3, 0.4) is 0 Å². The molecule has 1 N–H and O–H groups in total. The number of nitrogens with zero attached hydrogens (tertiary/aromatic N) is 3. The van der Waals surface area contributed by atoms with Crippen molar-refractivity contribution in [2.75, 3.05) is 39.8 Å². The largest absolute Gasteiger partial charge is 0.484 e. The van der Waals surface area contributed by atoms with Gasteiger partial charge < -0.3 is 19.9 Å². The number of aliphatic imine (C=N–C) groups is 1. The van der Waals surface area contributed by atoms with E-state index < -0.39 is 12.8 Å². The van der Waals surface area contributed by atoms with Crippen molar-refractivity contribution in [1.29, 1.82) is 0 Å². The third-order valence-electron chi connectivity index (χ3n) is 3.90. The van der Waals surface area contributed by atoms with Crippen LogP contribution in [0.1, 0.15) is 26.3 Å². The first kappa shape index (κ1) is 27.3. The van der Waals surface area contributed by atoms with E-state index in [0.717, 1.165) is 0 Å². The lowest BCUT2D eigenvalue weighted by molar-refractivity contribution is -0.153. The summed E-state index contributed by atoms with van der Waals surface area (Å²) in [5, 5.41) is 3.12. The maximum absolute atomic E-state index is 12.3. The number of carbonyl (C=O) groups is 1. The monoisotopic (exact) mass is 530 g/mol. The lowest BCUT2D eigenvalue weighted by Crippen LogP contribution is -2.45. The van der Waals surface area contributed by atoms with E-state index in [1.807, 2.05) is 20.8 Å². The van der Waals surface area contributed by atoms with Crippen molar-refractivity contribution in [3.8, 4) is 5.75 Å². The number of carbonyl (C=O) groups excluding carboxylic acids is 1. The average molecular weight is 530 g/mol. The summed E-state index contributed by atoms with van der Waals surface area (Å²) in [4.78, 5) is 20.2. The SMILES string of the molecule is CCNC(=NCc1cccc(OCC(F)(F)F)c1)N(C)CC(=O)N(CC)CC.I. The number of ether oxygens (including phenoxy) is 1. The number of amides is 1. The lowest BCUT2D eigenvalue weighted by Gasteiger charge is -2.25. The second kappa shape index (κ2) is 13.5. The average Bonchev–Trinajstić information content (AvgIpc) is 2.64. The lowest BCUT2D eigenvalue weighted by atomic mass is 10.2. The predicted octanol–water partition coefficient (Wildman–Crippen LogP) is 3.51. The van der Waals surface area contributed by atoms with Crippen molar-refractivity contribution in [3.05, 3.63) is 29.8 Å². The zero-order valence-corrected chi connectivity index (χ0v) is 19.6. The van der Waals surface area contributed by atoms with Crippen molar-refractivity contribution >= 4 is 35.8 Å². The van der Waals surface area contributed by atoms with Gasteiger partial charge in [0.15, 0.2) is 12.6 Å². The highest BCUT2D eigenvalue weighted by atomic mass is 127. The van der Waals surface area contributed by atoms with E-state index in [2.05, 4.69) is 10.3 Å². The van der Waals surface area contributed by atoms with Crippen LogP contribution in [0, 0.1) is 0 Å². The van der Waals surface area contributed by atoms with Gasteiger partial charge in [0.1, 0.15) is 5.75 Å². The molecule has 1 aromatic rings. The van der Waals surface area contributed by atoms with Crippen LogP contribution in [0.2, 0.25) is 0 Å². The highest BCUT2D eigenvalue weighted by molar-refractivity contribution is 14.0. The Morgan fingerprint density at radius 3 is 2.41 bits per heavy atom. The van der Waals surface area contributed by atoms with Gasteiger partial charge in [-0.2, -0.15) is 13.2 Å². The van der Waals surface area contributed by atoms with E-state index >= 15 is 0 Å². The molecule has 0 unspecified atom stereocenters. The van der Waals surface area contributed by atoms with Crippen LogP contribution in [0.25, 0.3) is 0 Å². The molecular weight excluding hydrogens is 500 g/mol. The van der Waals surface area contributed by atoms with Crippen molar-refractivity contribution in [3.63, 3.8) is 0 Å². The molecule has 6 nitrogen and oxygen atoms in total. The summed E-state index contributed by atoms with van der Waals surface area (Å²) >= 11 is 0. The Morgan fingerprint density at radius 1 is 1.21 bits per heavy atom. The van der Waals surface area contributed by atoms with Gasteiger partial charge in [0.2, 0.25) is 5.91 Å². The normalized spacial score (nSPS) is 11.5. The maximum atomic E-state index is 12.3. The molecule has 29 heavy (non-hydrogen) atoms. The quantitative estimate of drug-likeness (QED) is 0.302. The van der Waals surface area contributed by atoms with Gasteiger partial charge in [0.05, 0.1) is 13.1 Å². The van der Waals surface area contributed by atoms with Crippen LogP contribution in [-0.4, -0.2) is 67.7 Å². The zero-order valence-electron chi connectivity index (χ0n) is 17.3. The van der Waals surface area contributed by atoms with Crippen LogP contribution in [0.4, 0.5) is 13.2 Å². The molecule has 1 amide bonds. The molecule has 0 spiro atoms. The molecule has 1 rings (SSSR count). The number of hydrogen-bond acceptors (Lipinski definition) is 3. The Bertz CT molecular complexity index is 653. The minimum absolute atomic E-state index is 0. The molecule has 0 radical (unpaired) electrons.